The minimum absolute atomic E-state index is 0.194. The summed E-state index contributed by atoms with van der Waals surface area (Å²) >= 11 is 0. The van der Waals surface area contributed by atoms with Crippen LogP contribution in [0.5, 0.6) is 0 Å². The highest BCUT2D eigenvalue weighted by Crippen LogP contribution is 2.38. The Morgan fingerprint density at radius 2 is 1.55 bits per heavy atom. The van der Waals surface area contributed by atoms with Gasteiger partial charge in [0.15, 0.2) is 12.2 Å². The third-order valence-corrected chi connectivity index (χ3v) is 7.43. The van der Waals surface area contributed by atoms with Crippen molar-refractivity contribution in [2.45, 2.75) is 84.7 Å². The lowest BCUT2D eigenvalue weighted by molar-refractivity contribution is -0.212. The second kappa shape index (κ2) is 12.5. The molecule has 31 heavy (non-hydrogen) atoms. The van der Waals surface area contributed by atoms with Crippen molar-refractivity contribution in [3.8, 4) is 0 Å². The normalized spacial score (nSPS) is 26.0. The highest BCUT2D eigenvalue weighted by atomic mass is 33.1. The van der Waals surface area contributed by atoms with E-state index in [1.165, 1.54) is 42.4 Å². The van der Waals surface area contributed by atoms with Gasteiger partial charge < -0.3 is 24.3 Å². The van der Waals surface area contributed by atoms with Gasteiger partial charge >= 0.3 is 17.9 Å². The summed E-state index contributed by atoms with van der Waals surface area (Å²) in [5.74, 6) is -1.22. The fourth-order valence-corrected chi connectivity index (χ4v) is 4.89. The highest BCUT2D eigenvalue weighted by molar-refractivity contribution is 8.76. The maximum absolute atomic E-state index is 12.9. The molecule has 1 amide bonds. The molecule has 1 saturated heterocycles. The van der Waals surface area contributed by atoms with Gasteiger partial charge in [-0.15, -0.1) is 0 Å². The Morgan fingerprint density at radius 3 is 2.03 bits per heavy atom. The molecule has 11 heteroatoms. The molecule has 0 aliphatic carbocycles. The summed E-state index contributed by atoms with van der Waals surface area (Å²) in [5, 5.41) is 2.94. The second-order valence-corrected chi connectivity index (χ2v) is 10.5. The fourth-order valence-electron chi connectivity index (χ4n) is 2.78. The molecule has 1 aliphatic heterocycles. The van der Waals surface area contributed by atoms with Crippen molar-refractivity contribution in [1.29, 1.82) is 0 Å². The Labute approximate surface area is 191 Å². The Bertz CT molecular complexity index is 657. The van der Waals surface area contributed by atoms with E-state index >= 15 is 0 Å². The molecule has 178 valence electrons. The van der Waals surface area contributed by atoms with E-state index in [9.17, 15) is 19.2 Å². The molecule has 1 rings (SSSR count). The Morgan fingerprint density at radius 1 is 0.968 bits per heavy atom. The zero-order valence-electron chi connectivity index (χ0n) is 19.1. The maximum atomic E-state index is 12.9. The van der Waals surface area contributed by atoms with Gasteiger partial charge in [-0.05, 0) is 6.42 Å². The van der Waals surface area contributed by atoms with E-state index in [2.05, 4.69) is 5.32 Å². The van der Waals surface area contributed by atoms with Gasteiger partial charge in [-0.1, -0.05) is 49.3 Å². The molecule has 0 aromatic heterocycles. The van der Waals surface area contributed by atoms with Gasteiger partial charge in [0.05, 0.1) is 0 Å². The van der Waals surface area contributed by atoms with Crippen LogP contribution < -0.4 is 5.32 Å². The van der Waals surface area contributed by atoms with Gasteiger partial charge in [-0.2, -0.15) is 0 Å². The Kier molecular flexibility index (Phi) is 11.2. The van der Waals surface area contributed by atoms with Crippen molar-refractivity contribution in [3.63, 3.8) is 0 Å². The maximum Gasteiger partial charge on any atom is 0.303 e. The molecule has 0 spiro atoms. The molecule has 0 bridgehead atoms. The van der Waals surface area contributed by atoms with Gasteiger partial charge in [0.2, 0.25) is 5.91 Å². The first-order valence-electron chi connectivity index (χ1n) is 10.1. The number of carbonyl (C=O) groups is 4. The van der Waals surface area contributed by atoms with E-state index in [4.69, 9.17) is 18.9 Å². The van der Waals surface area contributed by atoms with Crippen molar-refractivity contribution >= 4 is 45.4 Å². The minimum Gasteiger partial charge on any atom is -0.463 e. The molecule has 5 atom stereocenters. The van der Waals surface area contributed by atoms with E-state index in [1.54, 1.807) is 0 Å². The number of amides is 1. The quantitative estimate of drug-likeness (QED) is 0.284. The third-order valence-electron chi connectivity index (χ3n) is 4.78. The first-order chi connectivity index (χ1) is 14.4. The zero-order valence-corrected chi connectivity index (χ0v) is 20.7. The number of hydrogen-bond acceptors (Lipinski definition) is 10. The van der Waals surface area contributed by atoms with Crippen LogP contribution in [0.25, 0.3) is 0 Å². The monoisotopic (exact) mass is 479 g/mol. The third kappa shape index (κ3) is 8.53. The van der Waals surface area contributed by atoms with Gasteiger partial charge in [-0.3, -0.25) is 19.2 Å². The van der Waals surface area contributed by atoms with Crippen molar-refractivity contribution in [3.05, 3.63) is 0 Å². The van der Waals surface area contributed by atoms with Crippen LogP contribution >= 0.6 is 21.6 Å². The van der Waals surface area contributed by atoms with Crippen molar-refractivity contribution in [2.24, 2.45) is 5.41 Å². The predicted molar refractivity (Wildman–Crippen MR) is 118 cm³/mol. The second-order valence-electron chi connectivity index (χ2n) is 7.73. The van der Waals surface area contributed by atoms with Crippen LogP contribution in [-0.2, 0) is 38.1 Å². The molecule has 0 radical (unpaired) electrons. The predicted octanol–water partition coefficient (Wildman–Crippen LogP) is 2.46. The van der Waals surface area contributed by atoms with E-state index in [-0.39, 0.29) is 12.5 Å². The Balaban J connectivity index is 3.35. The molecule has 0 aromatic rings. The SMILES string of the molecule is CCSSC1OC(COC(C)=O)C(OC(C)=O)C(OC(C)=O)C1NC(=O)C(C)(C)CC. The van der Waals surface area contributed by atoms with Gasteiger partial charge in [0.25, 0.3) is 0 Å². The average molecular weight is 480 g/mol. The van der Waals surface area contributed by atoms with Gasteiger partial charge in [0, 0.05) is 31.9 Å². The fraction of sp³-hybridized carbons (Fsp3) is 0.800. The standard InChI is InChI=1S/C20H33NO8S2/c1-8-20(6,7)19(25)21-15-17(28-13(5)24)16(27-12(4)23)14(10-26-11(3)22)29-18(15)31-30-9-2/h14-18H,8-10H2,1-7H3,(H,21,25). The smallest absolute Gasteiger partial charge is 0.303 e. The number of ether oxygens (including phenoxy) is 4. The number of carbonyl (C=O) groups excluding carboxylic acids is 4. The van der Waals surface area contributed by atoms with Crippen LogP contribution in [0.3, 0.4) is 0 Å². The van der Waals surface area contributed by atoms with E-state index in [0.717, 1.165) is 5.75 Å². The molecule has 0 saturated carbocycles. The number of esters is 3. The summed E-state index contributed by atoms with van der Waals surface area (Å²) in [4.78, 5) is 48.0. The molecule has 1 fully saturated rings. The first kappa shape index (κ1) is 27.6. The molecule has 1 aliphatic rings. The van der Waals surface area contributed by atoms with E-state index < -0.39 is 53.1 Å². The zero-order chi connectivity index (χ0) is 23.8. The minimum atomic E-state index is -1.07. The summed E-state index contributed by atoms with van der Waals surface area (Å²) in [6.45, 7) is 11.0. The lowest BCUT2D eigenvalue weighted by Crippen LogP contribution is -2.66. The van der Waals surface area contributed by atoms with Crippen LogP contribution in [0.1, 0.15) is 54.9 Å². The largest absolute Gasteiger partial charge is 0.463 e. The molecular weight excluding hydrogens is 446 g/mol. The van der Waals surface area contributed by atoms with Gasteiger partial charge in [-0.25, -0.2) is 0 Å². The molecule has 0 aromatic carbocycles. The molecule has 9 nitrogen and oxygen atoms in total. The summed E-state index contributed by atoms with van der Waals surface area (Å²) in [6.07, 6.45) is -2.38. The summed E-state index contributed by atoms with van der Waals surface area (Å²) in [7, 11) is 2.87. The van der Waals surface area contributed by atoms with Crippen LogP contribution in [0.4, 0.5) is 0 Å². The average Bonchev–Trinajstić information content (AvgIpc) is 2.67. The van der Waals surface area contributed by atoms with E-state index in [0.29, 0.717) is 6.42 Å². The molecule has 5 unspecified atom stereocenters. The molecular formula is C20H33NO8S2. The summed E-state index contributed by atoms with van der Waals surface area (Å²) in [5.41, 5.74) is -1.31. The number of rotatable bonds is 10. The van der Waals surface area contributed by atoms with E-state index in [1.807, 2.05) is 27.7 Å². The van der Waals surface area contributed by atoms with Crippen molar-refractivity contribution in [2.75, 3.05) is 12.4 Å². The topological polar surface area (TPSA) is 117 Å². The summed E-state index contributed by atoms with van der Waals surface area (Å²) < 4.78 is 22.2. The van der Waals surface area contributed by atoms with Crippen LogP contribution in [0.2, 0.25) is 0 Å². The van der Waals surface area contributed by atoms with Crippen LogP contribution in [0, 0.1) is 5.41 Å². The number of hydrogen-bond donors (Lipinski definition) is 1. The van der Waals surface area contributed by atoms with Crippen LogP contribution in [0.15, 0.2) is 0 Å². The molecule has 1 N–H and O–H groups in total. The summed E-state index contributed by atoms with van der Waals surface area (Å²) in [6, 6.07) is -0.788. The van der Waals surface area contributed by atoms with Gasteiger partial charge in [0.1, 0.15) is 24.2 Å². The first-order valence-corrected chi connectivity index (χ1v) is 12.5. The molecule has 1 heterocycles. The number of nitrogens with one attached hydrogen (secondary N) is 1. The Hall–Kier alpha value is -1.46. The van der Waals surface area contributed by atoms with Crippen molar-refractivity contribution in [1.82, 2.24) is 5.32 Å². The lowest BCUT2D eigenvalue weighted by Gasteiger charge is -2.45. The lowest BCUT2D eigenvalue weighted by atomic mass is 9.88. The van der Waals surface area contributed by atoms with Crippen molar-refractivity contribution < 1.29 is 38.1 Å². The highest BCUT2D eigenvalue weighted by Gasteiger charge is 2.51. The van der Waals surface area contributed by atoms with Crippen LogP contribution in [-0.4, -0.2) is 66.0 Å².